The van der Waals surface area contributed by atoms with Crippen LogP contribution in [0.3, 0.4) is 0 Å². The van der Waals surface area contributed by atoms with Gasteiger partial charge in [-0.1, -0.05) is 6.07 Å². The molecule has 1 aliphatic rings. The number of likely N-dealkylation sites (tertiary alicyclic amines) is 1. The number of nitrogens with zero attached hydrogens (tertiary/aromatic N) is 1. The van der Waals surface area contributed by atoms with E-state index in [0.717, 1.165) is 35.2 Å². The number of nitrogens with one attached hydrogen (secondary N) is 1. The zero-order chi connectivity index (χ0) is 13.1. The summed E-state index contributed by atoms with van der Waals surface area (Å²) >= 11 is 3.45. The highest BCUT2D eigenvalue weighted by Gasteiger charge is 2.21. The van der Waals surface area contributed by atoms with E-state index < -0.39 is 0 Å². The molecule has 4 nitrogen and oxygen atoms in total. The Labute approximate surface area is 116 Å². The van der Waals surface area contributed by atoms with Crippen LogP contribution in [0.4, 0.5) is 5.69 Å². The van der Waals surface area contributed by atoms with Crippen LogP contribution in [0.5, 0.6) is 0 Å². The Morgan fingerprint density at radius 1 is 1.61 bits per heavy atom. The molecule has 1 atom stereocenters. The molecule has 2 rings (SSSR count). The van der Waals surface area contributed by atoms with Crippen molar-refractivity contribution in [2.24, 2.45) is 5.73 Å². The molecule has 1 heterocycles. The summed E-state index contributed by atoms with van der Waals surface area (Å²) in [6.07, 6.45) is 0.974. The van der Waals surface area contributed by atoms with Crippen molar-refractivity contribution in [3.8, 4) is 0 Å². The van der Waals surface area contributed by atoms with Gasteiger partial charge in [0, 0.05) is 23.6 Å². The van der Waals surface area contributed by atoms with E-state index in [2.05, 4.69) is 26.1 Å². The molecule has 1 amide bonds. The van der Waals surface area contributed by atoms with Gasteiger partial charge in [-0.25, -0.2) is 0 Å². The number of hydrogen-bond acceptors (Lipinski definition) is 3. The van der Waals surface area contributed by atoms with E-state index >= 15 is 0 Å². The minimum atomic E-state index is 0.00801. The van der Waals surface area contributed by atoms with E-state index in [1.807, 2.05) is 25.1 Å². The maximum absolute atomic E-state index is 11.9. The molecule has 3 N–H and O–H groups in total. The second kappa shape index (κ2) is 5.82. The van der Waals surface area contributed by atoms with Crippen molar-refractivity contribution < 1.29 is 4.79 Å². The summed E-state index contributed by atoms with van der Waals surface area (Å²) in [5.41, 5.74) is 7.79. The fraction of sp³-hybridized carbons (Fsp3) is 0.462. The molecule has 1 fully saturated rings. The molecular weight excluding hydrogens is 294 g/mol. The Hall–Kier alpha value is -0.910. The van der Waals surface area contributed by atoms with Crippen LogP contribution in [0, 0.1) is 6.92 Å². The minimum Gasteiger partial charge on any atom is -0.326 e. The van der Waals surface area contributed by atoms with Crippen LogP contribution in [0.1, 0.15) is 12.0 Å². The summed E-state index contributed by atoms with van der Waals surface area (Å²) in [6, 6.07) is 6.09. The maximum atomic E-state index is 11.9. The number of halogens is 1. The Morgan fingerprint density at radius 2 is 2.39 bits per heavy atom. The number of carbonyl (C=O) groups is 1. The van der Waals surface area contributed by atoms with Gasteiger partial charge in [-0.3, -0.25) is 9.69 Å². The summed E-state index contributed by atoms with van der Waals surface area (Å²) in [4.78, 5) is 14.0. The van der Waals surface area contributed by atoms with Gasteiger partial charge in [-0.05, 0) is 47.0 Å². The Bertz CT molecular complexity index is 450. The van der Waals surface area contributed by atoms with Gasteiger partial charge in [0.1, 0.15) is 0 Å². The summed E-state index contributed by atoms with van der Waals surface area (Å²) in [6.45, 7) is 4.14. The molecule has 98 valence electrons. The van der Waals surface area contributed by atoms with Crippen LogP contribution in [0.15, 0.2) is 22.7 Å². The van der Waals surface area contributed by atoms with E-state index in [-0.39, 0.29) is 11.9 Å². The molecule has 0 spiro atoms. The lowest BCUT2D eigenvalue weighted by Gasteiger charge is -2.15. The van der Waals surface area contributed by atoms with Gasteiger partial charge in [-0.2, -0.15) is 0 Å². The van der Waals surface area contributed by atoms with Crippen LogP contribution in [-0.2, 0) is 4.79 Å². The third kappa shape index (κ3) is 3.54. The fourth-order valence-corrected chi connectivity index (χ4v) is 2.71. The summed E-state index contributed by atoms with van der Waals surface area (Å²) in [5.74, 6) is 0.00801. The minimum absolute atomic E-state index is 0.00801. The molecule has 0 aliphatic carbocycles. The fourth-order valence-electron chi connectivity index (χ4n) is 2.12. The first kappa shape index (κ1) is 13.5. The van der Waals surface area contributed by atoms with Gasteiger partial charge in [0.25, 0.3) is 0 Å². The van der Waals surface area contributed by atoms with E-state index in [1.165, 1.54) is 0 Å². The van der Waals surface area contributed by atoms with E-state index in [0.29, 0.717) is 6.54 Å². The predicted octanol–water partition coefficient (Wildman–Crippen LogP) is 1.73. The van der Waals surface area contributed by atoms with Crippen molar-refractivity contribution in [2.75, 3.05) is 25.0 Å². The number of rotatable bonds is 3. The van der Waals surface area contributed by atoms with E-state index in [4.69, 9.17) is 5.73 Å². The molecule has 1 aromatic carbocycles. The maximum Gasteiger partial charge on any atom is 0.238 e. The Morgan fingerprint density at radius 3 is 3.00 bits per heavy atom. The quantitative estimate of drug-likeness (QED) is 0.894. The number of amides is 1. The van der Waals surface area contributed by atoms with Crippen molar-refractivity contribution in [1.29, 1.82) is 0 Å². The predicted molar refractivity (Wildman–Crippen MR) is 76.5 cm³/mol. The van der Waals surface area contributed by atoms with Gasteiger partial charge in [-0.15, -0.1) is 0 Å². The monoisotopic (exact) mass is 311 g/mol. The summed E-state index contributed by atoms with van der Waals surface area (Å²) in [5, 5.41) is 2.91. The number of anilines is 1. The van der Waals surface area contributed by atoms with E-state index in [9.17, 15) is 4.79 Å². The van der Waals surface area contributed by atoms with Crippen LogP contribution >= 0.6 is 15.9 Å². The molecule has 1 unspecified atom stereocenters. The highest BCUT2D eigenvalue weighted by molar-refractivity contribution is 9.10. The molecule has 5 heteroatoms. The molecule has 1 saturated heterocycles. The number of carbonyl (C=O) groups excluding carboxylic acids is 1. The number of hydrogen-bond donors (Lipinski definition) is 2. The number of benzene rings is 1. The number of nitrogens with two attached hydrogens (primary N) is 1. The average Bonchev–Trinajstić information content (AvgIpc) is 2.68. The SMILES string of the molecule is Cc1ccc(NC(=O)CN2CCC(N)C2)c(Br)c1. The topological polar surface area (TPSA) is 58.4 Å². The first-order valence-electron chi connectivity index (χ1n) is 6.08. The third-order valence-corrected chi connectivity index (χ3v) is 3.73. The highest BCUT2D eigenvalue weighted by atomic mass is 79.9. The summed E-state index contributed by atoms with van der Waals surface area (Å²) < 4.78 is 0.911. The molecular formula is C13H18BrN3O. The molecule has 18 heavy (non-hydrogen) atoms. The van der Waals surface area contributed by atoms with Gasteiger partial charge in [0.05, 0.1) is 12.2 Å². The lowest BCUT2D eigenvalue weighted by molar-refractivity contribution is -0.117. The van der Waals surface area contributed by atoms with Crippen molar-refractivity contribution in [1.82, 2.24) is 4.90 Å². The largest absolute Gasteiger partial charge is 0.326 e. The lowest BCUT2D eigenvalue weighted by Crippen LogP contribution is -2.33. The zero-order valence-electron chi connectivity index (χ0n) is 10.4. The Balaban J connectivity index is 1.91. The third-order valence-electron chi connectivity index (χ3n) is 3.07. The lowest BCUT2D eigenvalue weighted by atomic mass is 10.2. The molecule has 0 bridgehead atoms. The van der Waals surface area contributed by atoms with Crippen molar-refractivity contribution in [3.05, 3.63) is 28.2 Å². The number of aryl methyl sites for hydroxylation is 1. The van der Waals surface area contributed by atoms with E-state index in [1.54, 1.807) is 0 Å². The van der Waals surface area contributed by atoms with Crippen LogP contribution in [-0.4, -0.2) is 36.5 Å². The first-order valence-corrected chi connectivity index (χ1v) is 6.88. The summed E-state index contributed by atoms with van der Waals surface area (Å²) in [7, 11) is 0. The smallest absolute Gasteiger partial charge is 0.238 e. The molecule has 0 radical (unpaired) electrons. The highest BCUT2D eigenvalue weighted by Crippen LogP contribution is 2.23. The zero-order valence-corrected chi connectivity index (χ0v) is 12.0. The van der Waals surface area contributed by atoms with Gasteiger partial charge in [0.2, 0.25) is 5.91 Å². The average molecular weight is 312 g/mol. The first-order chi connectivity index (χ1) is 8.54. The van der Waals surface area contributed by atoms with Crippen molar-refractivity contribution >= 4 is 27.5 Å². The molecule has 1 aromatic rings. The van der Waals surface area contributed by atoms with Crippen LogP contribution in [0.25, 0.3) is 0 Å². The van der Waals surface area contributed by atoms with Crippen LogP contribution in [0.2, 0.25) is 0 Å². The molecule has 1 aliphatic heterocycles. The van der Waals surface area contributed by atoms with Gasteiger partial charge < -0.3 is 11.1 Å². The van der Waals surface area contributed by atoms with Crippen molar-refractivity contribution in [3.63, 3.8) is 0 Å². The normalized spacial score (nSPS) is 20.1. The Kier molecular flexibility index (Phi) is 4.37. The standard InChI is InChI=1S/C13H18BrN3O/c1-9-2-3-12(11(14)6-9)16-13(18)8-17-5-4-10(15)7-17/h2-3,6,10H,4-5,7-8,15H2,1H3,(H,16,18). The van der Waals surface area contributed by atoms with Gasteiger partial charge >= 0.3 is 0 Å². The van der Waals surface area contributed by atoms with Crippen molar-refractivity contribution in [2.45, 2.75) is 19.4 Å². The van der Waals surface area contributed by atoms with Gasteiger partial charge in [0.15, 0.2) is 0 Å². The molecule has 0 saturated carbocycles. The van der Waals surface area contributed by atoms with Crippen LogP contribution < -0.4 is 11.1 Å². The molecule has 0 aromatic heterocycles. The second-order valence-electron chi connectivity index (χ2n) is 4.82. The second-order valence-corrected chi connectivity index (χ2v) is 5.67.